The molecule has 0 aliphatic carbocycles. The van der Waals surface area contributed by atoms with Crippen molar-refractivity contribution in [2.24, 2.45) is 4.99 Å². The second-order valence-electron chi connectivity index (χ2n) is 6.00. The first-order chi connectivity index (χ1) is 11.3. The minimum atomic E-state index is 0. The average molecular weight is 447 g/mol. The number of aryl methyl sites for hydroxylation is 1. The number of halogens is 1. The van der Waals surface area contributed by atoms with Gasteiger partial charge in [-0.1, -0.05) is 56.0 Å². The molecule has 1 rings (SSSR count). The Labute approximate surface area is 164 Å². The molecule has 24 heavy (non-hydrogen) atoms. The number of aliphatic imine (C=N–C) groups is 1. The Morgan fingerprint density at radius 1 is 0.958 bits per heavy atom. The van der Waals surface area contributed by atoms with Crippen LogP contribution in [0.4, 0.5) is 0 Å². The molecular weight excluding hydrogens is 413 g/mol. The van der Waals surface area contributed by atoms with Crippen molar-refractivity contribution in [1.29, 1.82) is 0 Å². The quantitative estimate of drug-likeness (QED) is 0.208. The molecule has 0 fully saturated rings. The molecule has 0 aromatic heterocycles. The number of nitrogens with one attached hydrogen (secondary N) is 2. The molecule has 0 aliphatic heterocycles. The highest BCUT2D eigenvalue weighted by Gasteiger charge is 1.99. The van der Waals surface area contributed by atoms with Crippen LogP contribution in [0.2, 0.25) is 0 Å². The summed E-state index contributed by atoms with van der Waals surface area (Å²) in [6.07, 6.45) is 6.59. The number of hydrogen-bond donors (Lipinski definition) is 3. The van der Waals surface area contributed by atoms with E-state index in [1.165, 1.54) is 17.5 Å². The zero-order valence-electron chi connectivity index (χ0n) is 15.2. The van der Waals surface area contributed by atoms with Crippen LogP contribution in [-0.4, -0.2) is 30.8 Å². The minimum absolute atomic E-state index is 0. The van der Waals surface area contributed by atoms with E-state index in [-0.39, 0.29) is 24.0 Å². The largest absolute Gasteiger partial charge is 0.396 e. The number of guanidine groups is 1. The maximum Gasteiger partial charge on any atom is 0.191 e. The molecule has 138 valence electrons. The molecular formula is C19H34IN3O. The summed E-state index contributed by atoms with van der Waals surface area (Å²) in [7, 11) is 0. The lowest BCUT2D eigenvalue weighted by Gasteiger charge is -2.12. The van der Waals surface area contributed by atoms with Gasteiger partial charge < -0.3 is 15.7 Å². The number of hydrogen-bond acceptors (Lipinski definition) is 2. The number of unbranched alkanes of at least 4 members (excludes halogenated alkanes) is 4. The topological polar surface area (TPSA) is 56.7 Å². The predicted octanol–water partition coefficient (Wildman–Crippen LogP) is 4.00. The van der Waals surface area contributed by atoms with Gasteiger partial charge in [0, 0.05) is 19.7 Å². The molecule has 0 unspecified atom stereocenters. The molecule has 0 saturated heterocycles. The van der Waals surface area contributed by atoms with Crippen LogP contribution in [0.1, 0.15) is 56.6 Å². The highest BCUT2D eigenvalue weighted by Crippen LogP contribution is 2.04. The maximum atomic E-state index is 8.78. The number of benzene rings is 1. The fourth-order valence-electron chi connectivity index (χ4n) is 2.22. The summed E-state index contributed by atoms with van der Waals surface area (Å²) in [4.78, 5) is 4.68. The normalized spacial score (nSPS) is 11.0. The zero-order valence-corrected chi connectivity index (χ0v) is 17.5. The number of nitrogens with zero attached hydrogens (tertiary/aromatic N) is 1. The van der Waals surface area contributed by atoms with Gasteiger partial charge in [-0.3, -0.25) is 0 Å². The Morgan fingerprint density at radius 3 is 2.21 bits per heavy atom. The summed E-state index contributed by atoms with van der Waals surface area (Å²) in [5.41, 5.74) is 2.51. The molecule has 0 aliphatic rings. The molecule has 0 saturated carbocycles. The van der Waals surface area contributed by atoms with Gasteiger partial charge in [0.25, 0.3) is 0 Å². The van der Waals surface area contributed by atoms with Crippen LogP contribution >= 0.6 is 24.0 Å². The highest BCUT2D eigenvalue weighted by molar-refractivity contribution is 14.0. The Morgan fingerprint density at radius 2 is 1.58 bits per heavy atom. The SMILES string of the molecule is CCCCNC(=NCc1ccc(C)cc1)NCCCCCCO.I. The van der Waals surface area contributed by atoms with Gasteiger partial charge in [0.2, 0.25) is 0 Å². The van der Waals surface area contributed by atoms with E-state index in [2.05, 4.69) is 53.7 Å². The van der Waals surface area contributed by atoms with E-state index in [0.717, 1.165) is 51.2 Å². The third kappa shape index (κ3) is 11.7. The molecule has 5 heteroatoms. The van der Waals surface area contributed by atoms with Gasteiger partial charge in [-0.2, -0.15) is 0 Å². The van der Waals surface area contributed by atoms with E-state index in [9.17, 15) is 0 Å². The second-order valence-corrected chi connectivity index (χ2v) is 6.00. The van der Waals surface area contributed by atoms with Gasteiger partial charge in [-0.15, -0.1) is 24.0 Å². The van der Waals surface area contributed by atoms with Crippen molar-refractivity contribution < 1.29 is 5.11 Å². The van der Waals surface area contributed by atoms with Gasteiger partial charge in [0.05, 0.1) is 6.54 Å². The van der Waals surface area contributed by atoms with Crippen molar-refractivity contribution in [1.82, 2.24) is 10.6 Å². The molecule has 3 N–H and O–H groups in total. The standard InChI is InChI=1S/C19H33N3O.HI/c1-3-4-13-20-19(21-14-7-5-6-8-15-23)22-16-18-11-9-17(2)10-12-18;/h9-12,23H,3-8,13-16H2,1-2H3,(H2,20,21,22);1H. The third-order valence-corrected chi connectivity index (χ3v) is 3.74. The van der Waals surface area contributed by atoms with Gasteiger partial charge in [-0.25, -0.2) is 4.99 Å². The first kappa shape index (κ1) is 23.2. The summed E-state index contributed by atoms with van der Waals surface area (Å²) < 4.78 is 0. The minimum Gasteiger partial charge on any atom is -0.396 e. The van der Waals surface area contributed by atoms with Crippen LogP contribution in [0.15, 0.2) is 29.3 Å². The molecule has 0 amide bonds. The average Bonchev–Trinajstić information content (AvgIpc) is 2.56. The Hall–Kier alpha value is -0.820. The lowest BCUT2D eigenvalue weighted by molar-refractivity contribution is 0.282. The fraction of sp³-hybridized carbons (Fsp3) is 0.632. The number of aliphatic hydroxyl groups is 1. The summed E-state index contributed by atoms with van der Waals surface area (Å²) in [6, 6.07) is 8.53. The van der Waals surface area contributed by atoms with Crippen molar-refractivity contribution in [2.45, 2.75) is 58.9 Å². The summed E-state index contributed by atoms with van der Waals surface area (Å²) in [5, 5.41) is 15.6. The van der Waals surface area contributed by atoms with E-state index in [1.54, 1.807) is 0 Å². The summed E-state index contributed by atoms with van der Waals surface area (Å²) in [6.45, 7) is 7.18. The third-order valence-electron chi connectivity index (χ3n) is 3.74. The van der Waals surface area contributed by atoms with Crippen LogP contribution in [0.5, 0.6) is 0 Å². The van der Waals surface area contributed by atoms with E-state index in [0.29, 0.717) is 13.2 Å². The Kier molecular flexibility index (Phi) is 15.2. The summed E-state index contributed by atoms with van der Waals surface area (Å²) >= 11 is 0. The van der Waals surface area contributed by atoms with Crippen molar-refractivity contribution >= 4 is 29.9 Å². The van der Waals surface area contributed by atoms with Gasteiger partial charge >= 0.3 is 0 Å². The first-order valence-corrected chi connectivity index (χ1v) is 8.95. The molecule has 4 nitrogen and oxygen atoms in total. The lowest BCUT2D eigenvalue weighted by Crippen LogP contribution is -2.38. The van der Waals surface area contributed by atoms with Crippen molar-refractivity contribution in [3.8, 4) is 0 Å². The molecule has 1 aromatic carbocycles. The Balaban J connectivity index is 0.00000529. The van der Waals surface area contributed by atoms with Crippen molar-refractivity contribution in [3.05, 3.63) is 35.4 Å². The predicted molar refractivity (Wildman–Crippen MR) is 114 cm³/mol. The second kappa shape index (κ2) is 15.7. The first-order valence-electron chi connectivity index (χ1n) is 8.95. The van der Waals surface area contributed by atoms with E-state index in [1.807, 2.05) is 0 Å². The zero-order chi connectivity index (χ0) is 16.8. The van der Waals surface area contributed by atoms with Crippen molar-refractivity contribution in [3.63, 3.8) is 0 Å². The van der Waals surface area contributed by atoms with Gasteiger partial charge in [-0.05, 0) is 31.7 Å². The van der Waals surface area contributed by atoms with E-state index in [4.69, 9.17) is 5.11 Å². The van der Waals surface area contributed by atoms with E-state index >= 15 is 0 Å². The van der Waals surface area contributed by atoms with Crippen molar-refractivity contribution in [2.75, 3.05) is 19.7 Å². The number of rotatable bonds is 11. The molecule has 1 aromatic rings. The van der Waals surface area contributed by atoms with E-state index < -0.39 is 0 Å². The Bertz CT molecular complexity index is 435. The van der Waals surface area contributed by atoms with Gasteiger partial charge in [0.15, 0.2) is 5.96 Å². The smallest absolute Gasteiger partial charge is 0.191 e. The monoisotopic (exact) mass is 447 g/mol. The van der Waals surface area contributed by atoms with Crippen LogP contribution < -0.4 is 10.6 Å². The molecule has 0 bridgehead atoms. The fourth-order valence-corrected chi connectivity index (χ4v) is 2.22. The lowest BCUT2D eigenvalue weighted by atomic mass is 10.1. The number of aliphatic hydroxyl groups excluding tert-OH is 1. The highest BCUT2D eigenvalue weighted by atomic mass is 127. The van der Waals surface area contributed by atoms with Crippen LogP contribution in [0.3, 0.4) is 0 Å². The molecule has 0 radical (unpaired) electrons. The molecule has 0 heterocycles. The maximum absolute atomic E-state index is 8.78. The van der Waals surface area contributed by atoms with Crippen LogP contribution in [0.25, 0.3) is 0 Å². The molecule has 0 spiro atoms. The van der Waals surface area contributed by atoms with Crippen LogP contribution in [-0.2, 0) is 6.54 Å². The van der Waals surface area contributed by atoms with Gasteiger partial charge in [0.1, 0.15) is 0 Å². The summed E-state index contributed by atoms with van der Waals surface area (Å²) in [5.74, 6) is 0.904. The molecule has 0 atom stereocenters. The van der Waals surface area contributed by atoms with Crippen LogP contribution in [0, 0.1) is 6.92 Å².